The third-order valence-corrected chi connectivity index (χ3v) is 3.68. The molecule has 0 fully saturated rings. The van der Waals surface area contributed by atoms with E-state index in [4.69, 9.17) is 0 Å². The molecular formula is C16H17BrN4O3. The zero-order chi connectivity index (χ0) is 18.1. The van der Waals surface area contributed by atoms with E-state index in [1.165, 1.54) is 6.07 Å². The Morgan fingerprint density at radius 3 is 2.33 bits per heavy atom. The number of halogens is 1. The summed E-state index contributed by atoms with van der Waals surface area (Å²) in [6, 6.07) is 2.99. The Morgan fingerprint density at radius 2 is 1.83 bits per heavy atom. The third-order valence-electron chi connectivity index (χ3n) is 3.22. The molecule has 0 atom stereocenters. The van der Waals surface area contributed by atoms with Gasteiger partial charge < -0.3 is 5.32 Å². The number of rotatable bonds is 3. The van der Waals surface area contributed by atoms with Crippen molar-refractivity contribution in [2.24, 2.45) is 5.41 Å². The Morgan fingerprint density at radius 1 is 1.25 bits per heavy atom. The first-order valence-electron chi connectivity index (χ1n) is 7.18. The summed E-state index contributed by atoms with van der Waals surface area (Å²) in [5.41, 5.74) is 0.414. The maximum absolute atomic E-state index is 12.3. The van der Waals surface area contributed by atoms with Crippen molar-refractivity contribution in [3.63, 3.8) is 0 Å². The zero-order valence-electron chi connectivity index (χ0n) is 13.8. The van der Waals surface area contributed by atoms with Crippen molar-refractivity contribution >= 4 is 33.2 Å². The molecule has 126 valence electrons. The molecule has 2 aromatic rings. The second kappa shape index (κ2) is 6.64. The summed E-state index contributed by atoms with van der Waals surface area (Å²) in [6.45, 7) is 7.04. The molecule has 0 saturated carbocycles. The van der Waals surface area contributed by atoms with Gasteiger partial charge in [-0.2, -0.15) is 0 Å². The fourth-order valence-electron chi connectivity index (χ4n) is 1.88. The van der Waals surface area contributed by atoms with Crippen LogP contribution in [0.25, 0.3) is 11.4 Å². The van der Waals surface area contributed by atoms with Crippen LogP contribution in [-0.4, -0.2) is 20.8 Å². The van der Waals surface area contributed by atoms with Crippen LogP contribution < -0.4 is 5.32 Å². The summed E-state index contributed by atoms with van der Waals surface area (Å²) in [4.78, 5) is 31.7. The number of aromatic nitrogens is 2. The van der Waals surface area contributed by atoms with E-state index in [0.717, 1.165) is 5.56 Å². The lowest BCUT2D eigenvalue weighted by atomic mass is 9.95. The molecule has 0 unspecified atom stereocenters. The minimum Gasteiger partial charge on any atom is -0.319 e. The van der Waals surface area contributed by atoms with Gasteiger partial charge in [-0.3, -0.25) is 14.9 Å². The van der Waals surface area contributed by atoms with Crippen LogP contribution in [0.15, 0.2) is 29.0 Å². The van der Waals surface area contributed by atoms with Crippen molar-refractivity contribution in [3.8, 4) is 11.4 Å². The number of nitro benzene ring substituents is 1. The number of aryl methyl sites for hydroxylation is 1. The van der Waals surface area contributed by atoms with Gasteiger partial charge in [0.05, 0.1) is 10.5 Å². The van der Waals surface area contributed by atoms with Crippen molar-refractivity contribution in [1.29, 1.82) is 0 Å². The Balaban J connectivity index is 2.66. The van der Waals surface area contributed by atoms with Gasteiger partial charge in [0.25, 0.3) is 5.69 Å². The number of anilines is 1. The summed E-state index contributed by atoms with van der Waals surface area (Å²) >= 11 is 3.26. The fourth-order valence-corrected chi connectivity index (χ4v) is 2.32. The number of hydrogen-bond acceptors (Lipinski definition) is 5. The summed E-state index contributed by atoms with van der Waals surface area (Å²) in [5, 5.41) is 14.1. The molecule has 0 aliphatic carbocycles. The second-order valence-electron chi connectivity index (χ2n) is 6.39. The molecular weight excluding hydrogens is 376 g/mol. The highest BCUT2D eigenvalue weighted by Crippen LogP contribution is 2.38. The molecule has 2 rings (SSSR count). The van der Waals surface area contributed by atoms with Crippen LogP contribution in [0.3, 0.4) is 0 Å². The zero-order valence-corrected chi connectivity index (χ0v) is 15.3. The number of amides is 1. The smallest absolute Gasteiger partial charge is 0.294 e. The van der Waals surface area contributed by atoms with Crippen LogP contribution in [0.4, 0.5) is 11.4 Å². The molecule has 8 heteroatoms. The lowest BCUT2D eigenvalue weighted by Gasteiger charge is -2.19. The highest BCUT2D eigenvalue weighted by molar-refractivity contribution is 9.10. The predicted octanol–water partition coefficient (Wildman–Crippen LogP) is 4.11. The largest absolute Gasteiger partial charge is 0.319 e. The highest BCUT2D eigenvalue weighted by atomic mass is 79.9. The molecule has 1 heterocycles. The molecule has 1 N–H and O–H groups in total. The Kier molecular flexibility index (Phi) is 4.98. The number of benzene rings is 1. The normalized spacial score (nSPS) is 11.2. The van der Waals surface area contributed by atoms with Crippen molar-refractivity contribution in [1.82, 2.24) is 9.97 Å². The van der Waals surface area contributed by atoms with E-state index in [0.29, 0.717) is 15.9 Å². The number of nitro groups is 1. The lowest BCUT2D eigenvalue weighted by molar-refractivity contribution is -0.384. The molecule has 1 aromatic heterocycles. The summed E-state index contributed by atoms with van der Waals surface area (Å²) in [5.74, 6) is -0.0320. The van der Waals surface area contributed by atoms with Gasteiger partial charge >= 0.3 is 0 Å². The average molecular weight is 393 g/mol. The first-order chi connectivity index (χ1) is 11.1. The maximum atomic E-state index is 12.3. The van der Waals surface area contributed by atoms with Crippen molar-refractivity contribution < 1.29 is 9.72 Å². The summed E-state index contributed by atoms with van der Waals surface area (Å²) in [6.07, 6.45) is 3.23. The summed E-state index contributed by atoms with van der Waals surface area (Å²) in [7, 11) is 0. The maximum Gasteiger partial charge on any atom is 0.294 e. The van der Waals surface area contributed by atoms with Gasteiger partial charge in [0.2, 0.25) is 5.91 Å². The average Bonchev–Trinajstić information content (AvgIpc) is 2.48. The quantitative estimate of drug-likeness (QED) is 0.625. The number of nitrogens with zero attached hydrogens (tertiary/aromatic N) is 3. The SMILES string of the molecule is Cc1cnc(-c2cc(Br)cc([N+](=O)[O-])c2NC(=O)C(C)(C)C)nc1. The van der Waals surface area contributed by atoms with Gasteiger partial charge in [-0.05, 0) is 18.6 Å². The molecule has 24 heavy (non-hydrogen) atoms. The van der Waals surface area contributed by atoms with Crippen molar-refractivity contribution in [2.45, 2.75) is 27.7 Å². The fraction of sp³-hybridized carbons (Fsp3) is 0.312. The van der Waals surface area contributed by atoms with Gasteiger partial charge in [-0.1, -0.05) is 36.7 Å². The lowest BCUT2D eigenvalue weighted by Crippen LogP contribution is -2.28. The Bertz CT molecular complexity index is 798. The van der Waals surface area contributed by atoms with Gasteiger partial charge in [-0.25, -0.2) is 9.97 Å². The van der Waals surface area contributed by atoms with E-state index >= 15 is 0 Å². The topological polar surface area (TPSA) is 98.0 Å². The van der Waals surface area contributed by atoms with E-state index in [9.17, 15) is 14.9 Å². The molecule has 1 aromatic carbocycles. The van der Waals surface area contributed by atoms with E-state index < -0.39 is 10.3 Å². The number of hydrogen-bond donors (Lipinski definition) is 1. The number of carbonyl (C=O) groups is 1. The first-order valence-corrected chi connectivity index (χ1v) is 7.97. The summed E-state index contributed by atoms with van der Waals surface area (Å²) < 4.78 is 0.502. The molecule has 0 radical (unpaired) electrons. The van der Waals surface area contributed by atoms with Gasteiger partial charge in [0, 0.05) is 28.3 Å². The Labute approximate surface area is 147 Å². The van der Waals surface area contributed by atoms with Crippen molar-refractivity contribution in [2.75, 3.05) is 5.32 Å². The minimum absolute atomic E-state index is 0.0898. The van der Waals surface area contributed by atoms with Crippen LogP contribution in [0.2, 0.25) is 0 Å². The minimum atomic E-state index is -0.702. The van der Waals surface area contributed by atoms with Gasteiger partial charge in [0.15, 0.2) is 5.82 Å². The van der Waals surface area contributed by atoms with Crippen LogP contribution in [-0.2, 0) is 4.79 Å². The Hall–Kier alpha value is -2.35. The molecule has 0 saturated heterocycles. The predicted molar refractivity (Wildman–Crippen MR) is 94.6 cm³/mol. The molecule has 0 aliphatic heterocycles. The number of carbonyl (C=O) groups excluding carboxylic acids is 1. The molecule has 0 aliphatic rings. The van der Waals surface area contributed by atoms with E-state index in [-0.39, 0.29) is 17.3 Å². The molecule has 0 spiro atoms. The number of nitrogens with one attached hydrogen (secondary N) is 1. The third kappa shape index (κ3) is 3.94. The molecule has 7 nitrogen and oxygen atoms in total. The first kappa shape index (κ1) is 18.0. The van der Waals surface area contributed by atoms with E-state index in [2.05, 4.69) is 31.2 Å². The van der Waals surface area contributed by atoms with Crippen molar-refractivity contribution in [3.05, 3.63) is 44.7 Å². The van der Waals surface area contributed by atoms with E-state index in [1.807, 2.05) is 6.92 Å². The molecule has 0 bridgehead atoms. The van der Waals surface area contributed by atoms with E-state index in [1.54, 1.807) is 39.2 Å². The standard InChI is InChI=1S/C16H17BrN4O3/c1-9-7-18-14(19-8-9)11-5-10(17)6-12(21(23)24)13(11)20-15(22)16(2,3)4/h5-8H,1-4H3,(H,20,22). The monoisotopic (exact) mass is 392 g/mol. The highest BCUT2D eigenvalue weighted by Gasteiger charge is 2.28. The van der Waals surface area contributed by atoms with Crippen LogP contribution in [0.5, 0.6) is 0 Å². The van der Waals surface area contributed by atoms with Crippen LogP contribution >= 0.6 is 15.9 Å². The van der Waals surface area contributed by atoms with Crippen LogP contribution in [0.1, 0.15) is 26.3 Å². The molecule has 1 amide bonds. The van der Waals surface area contributed by atoms with Crippen LogP contribution in [0, 0.1) is 22.5 Å². The second-order valence-corrected chi connectivity index (χ2v) is 7.31. The van der Waals surface area contributed by atoms with Gasteiger partial charge in [-0.15, -0.1) is 0 Å². The van der Waals surface area contributed by atoms with Gasteiger partial charge in [0.1, 0.15) is 5.69 Å².